The van der Waals surface area contributed by atoms with Gasteiger partial charge in [-0.25, -0.2) is 0 Å². The average Bonchev–Trinajstić information content (AvgIpc) is 1.96. The Morgan fingerprint density at radius 3 is 2.36 bits per heavy atom. The fourth-order valence-electron chi connectivity index (χ4n) is 2.36. The van der Waals surface area contributed by atoms with Crippen LogP contribution in [0.15, 0.2) is 12.7 Å². The second-order valence-electron chi connectivity index (χ2n) is 4.31. The highest BCUT2D eigenvalue weighted by atomic mass is 14.3. The molecule has 0 aromatic heterocycles. The molecule has 0 amide bonds. The van der Waals surface area contributed by atoms with Crippen molar-refractivity contribution < 1.29 is 0 Å². The quantitative estimate of drug-likeness (QED) is 0.504. The van der Waals surface area contributed by atoms with E-state index < -0.39 is 0 Å². The molecule has 0 N–H and O–H groups in total. The van der Waals surface area contributed by atoms with E-state index in [2.05, 4.69) is 33.4 Å². The van der Waals surface area contributed by atoms with Crippen molar-refractivity contribution in [3.8, 4) is 0 Å². The lowest BCUT2D eigenvalue weighted by Crippen LogP contribution is -2.26. The van der Waals surface area contributed by atoms with Gasteiger partial charge in [0.2, 0.25) is 0 Å². The molecule has 0 aromatic carbocycles. The Bertz CT molecular complexity index is 137. The Hall–Kier alpha value is -0.260. The van der Waals surface area contributed by atoms with Crippen LogP contribution in [0.25, 0.3) is 0 Å². The van der Waals surface area contributed by atoms with Crippen LogP contribution < -0.4 is 0 Å². The fraction of sp³-hybridized carbons (Fsp3) is 0.818. The van der Waals surface area contributed by atoms with E-state index >= 15 is 0 Å². The van der Waals surface area contributed by atoms with Crippen LogP contribution in [0.4, 0.5) is 0 Å². The predicted octanol–water partition coefficient (Wildman–Crippen LogP) is 3.49. The lowest BCUT2D eigenvalue weighted by molar-refractivity contribution is 0.170. The SMILES string of the molecule is C=CC1CC(C)CC(C)C1C. The summed E-state index contributed by atoms with van der Waals surface area (Å²) in [6.45, 7) is 11.0. The molecule has 0 radical (unpaired) electrons. The first-order chi connectivity index (χ1) is 5.15. The van der Waals surface area contributed by atoms with E-state index in [1.807, 2.05) is 0 Å². The highest BCUT2D eigenvalue weighted by molar-refractivity contribution is 4.90. The molecule has 11 heavy (non-hydrogen) atoms. The summed E-state index contributed by atoms with van der Waals surface area (Å²) < 4.78 is 0. The number of rotatable bonds is 1. The van der Waals surface area contributed by atoms with Gasteiger partial charge in [0.1, 0.15) is 0 Å². The fourth-order valence-corrected chi connectivity index (χ4v) is 2.36. The Morgan fingerprint density at radius 1 is 1.18 bits per heavy atom. The molecular formula is C11H20. The molecule has 4 unspecified atom stereocenters. The zero-order valence-corrected chi connectivity index (χ0v) is 8.01. The van der Waals surface area contributed by atoms with Gasteiger partial charge < -0.3 is 0 Å². The molecule has 1 rings (SSSR count). The number of allylic oxidation sites excluding steroid dienone is 1. The van der Waals surface area contributed by atoms with E-state index in [4.69, 9.17) is 0 Å². The van der Waals surface area contributed by atoms with Crippen molar-refractivity contribution in [1.82, 2.24) is 0 Å². The second kappa shape index (κ2) is 3.42. The molecule has 64 valence electrons. The van der Waals surface area contributed by atoms with Crippen molar-refractivity contribution in [2.45, 2.75) is 33.6 Å². The van der Waals surface area contributed by atoms with Crippen molar-refractivity contribution in [3.05, 3.63) is 12.7 Å². The third kappa shape index (κ3) is 1.85. The average molecular weight is 152 g/mol. The predicted molar refractivity (Wildman–Crippen MR) is 50.4 cm³/mol. The summed E-state index contributed by atoms with van der Waals surface area (Å²) in [5, 5.41) is 0. The molecular weight excluding hydrogens is 132 g/mol. The largest absolute Gasteiger partial charge is 0.103 e. The topological polar surface area (TPSA) is 0 Å². The van der Waals surface area contributed by atoms with Crippen molar-refractivity contribution in [2.75, 3.05) is 0 Å². The molecule has 0 heteroatoms. The first-order valence-corrected chi connectivity index (χ1v) is 4.77. The van der Waals surface area contributed by atoms with Gasteiger partial charge in [-0.3, -0.25) is 0 Å². The molecule has 1 aliphatic carbocycles. The summed E-state index contributed by atoms with van der Waals surface area (Å²) in [5.41, 5.74) is 0. The molecule has 0 aromatic rings. The summed E-state index contributed by atoms with van der Waals surface area (Å²) >= 11 is 0. The van der Waals surface area contributed by atoms with Crippen LogP contribution in [0.3, 0.4) is 0 Å². The van der Waals surface area contributed by atoms with E-state index in [1.54, 1.807) is 0 Å². The van der Waals surface area contributed by atoms with Crippen LogP contribution in [-0.2, 0) is 0 Å². The van der Waals surface area contributed by atoms with Gasteiger partial charge in [0.15, 0.2) is 0 Å². The zero-order chi connectivity index (χ0) is 8.43. The second-order valence-corrected chi connectivity index (χ2v) is 4.31. The molecule has 1 aliphatic rings. The van der Waals surface area contributed by atoms with Gasteiger partial charge in [-0.15, -0.1) is 6.58 Å². The van der Waals surface area contributed by atoms with Gasteiger partial charge in [0.25, 0.3) is 0 Å². The van der Waals surface area contributed by atoms with Gasteiger partial charge in [-0.1, -0.05) is 26.8 Å². The van der Waals surface area contributed by atoms with Crippen LogP contribution in [-0.4, -0.2) is 0 Å². The van der Waals surface area contributed by atoms with Crippen molar-refractivity contribution in [3.63, 3.8) is 0 Å². The minimum atomic E-state index is 0.772. The van der Waals surface area contributed by atoms with Crippen LogP contribution in [0.2, 0.25) is 0 Å². The third-order valence-electron chi connectivity index (χ3n) is 3.32. The number of hydrogen-bond donors (Lipinski definition) is 0. The van der Waals surface area contributed by atoms with Gasteiger partial charge >= 0.3 is 0 Å². The summed E-state index contributed by atoms with van der Waals surface area (Å²) in [6, 6.07) is 0. The molecule has 1 saturated carbocycles. The molecule has 1 fully saturated rings. The Balaban J connectivity index is 2.58. The maximum Gasteiger partial charge on any atom is -0.0205 e. The van der Waals surface area contributed by atoms with Crippen LogP contribution in [0.1, 0.15) is 33.6 Å². The maximum absolute atomic E-state index is 3.90. The molecule has 0 saturated heterocycles. The molecule has 0 heterocycles. The van der Waals surface area contributed by atoms with E-state index in [1.165, 1.54) is 12.8 Å². The van der Waals surface area contributed by atoms with E-state index in [9.17, 15) is 0 Å². The van der Waals surface area contributed by atoms with Gasteiger partial charge in [0, 0.05) is 0 Å². The first kappa shape index (κ1) is 8.83. The lowest BCUT2D eigenvalue weighted by atomic mass is 9.70. The maximum atomic E-state index is 3.90. The van der Waals surface area contributed by atoms with Crippen LogP contribution in [0.5, 0.6) is 0 Å². The van der Waals surface area contributed by atoms with Gasteiger partial charge in [-0.2, -0.15) is 0 Å². The minimum absolute atomic E-state index is 0.772. The molecule has 0 spiro atoms. The highest BCUT2D eigenvalue weighted by Gasteiger charge is 2.28. The summed E-state index contributed by atoms with van der Waals surface area (Å²) in [7, 11) is 0. The summed E-state index contributed by atoms with van der Waals surface area (Å²) in [4.78, 5) is 0. The minimum Gasteiger partial charge on any atom is -0.103 e. The zero-order valence-electron chi connectivity index (χ0n) is 8.01. The van der Waals surface area contributed by atoms with Crippen molar-refractivity contribution in [1.29, 1.82) is 0 Å². The molecule has 4 atom stereocenters. The van der Waals surface area contributed by atoms with E-state index in [0.29, 0.717) is 0 Å². The Labute approximate surface area is 70.7 Å². The standard InChI is InChI=1S/C11H20/c1-5-11-7-8(2)6-9(3)10(11)4/h5,8-11H,1,6-7H2,2-4H3. The summed E-state index contributed by atoms with van der Waals surface area (Å²) in [5.74, 6) is 3.42. The van der Waals surface area contributed by atoms with Gasteiger partial charge in [-0.05, 0) is 36.5 Å². The molecule has 0 aliphatic heterocycles. The van der Waals surface area contributed by atoms with E-state index in [0.717, 1.165) is 23.7 Å². The lowest BCUT2D eigenvalue weighted by Gasteiger charge is -2.36. The van der Waals surface area contributed by atoms with Gasteiger partial charge in [0.05, 0.1) is 0 Å². The Kier molecular flexibility index (Phi) is 2.75. The smallest absolute Gasteiger partial charge is 0.0205 e. The monoisotopic (exact) mass is 152 g/mol. The molecule has 0 nitrogen and oxygen atoms in total. The van der Waals surface area contributed by atoms with E-state index in [-0.39, 0.29) is 0 Å². The molecule has 0 bridgehead atoms. The summed E-state index contributed by atoms with van der Waals surface area (Å²) in [6.07, 6.45) is 4.91. The number of hydrogen-bond acceptors (Lipinski definition) is 0. The van der Waals surface area contributed by atoms with Crippen molar-refractivity contribution in [2.24, 2.45) is 23.7 Å². The van der Waals surface area contributed by atoms with Crippen LogP contribution in [0, 0.1) is 23.7 Å². The van der Waals surface area contributed by atoms with Crippen molar-refractivity contribution >= 4 is 0 Å². The third-order valence-corrected chi connectivity index (χ3v) is 3.32. The highest BCUT2D eigenvalue weighted by Crippen LogP contribution is 2.37. The normalized spacial score (nSPS) is 45.4. The van der Waals surface area contributed by atoms with Crippen LogP contribution >= 0.6 is 0 Å². The Morgan fingerprint density at radius 2 is 1.82 bits per heavy atom. The first-order valence-electron chi connectivity index (χ1n) is 4.77.